The maximum atomic E-state index is 13.2. The van der Waals surface area contributed by atoms with Crippen molar-refractivity contribution < 1.29 is 9.59 Å². The number of aromatic nitrogens is 1. The van der Waals surface area contributed by atoms with Gasteiger partial charge in [0.05, 0.1) is 12.2 Å². The lowest BCUT2D eigenvalue weighted by atomic mass is 10.0. The molecule has 0 saturated carbocycles. The third kappa shape index (κ3) is 5.09. The van der Waals surface area contributed by atoms with E-state index >= 15 is 0 Å². The normalized spacial score (nSPS) is 19.3. The van der Waals surface area contributed by atoms with Gasteiger partial charge in [0.25, 0.3) is 5.91 Å². The first-order chi connectivity index (χ1) is 13.1. The first-order valence-corrected chi connectivity index (χ1v) is 10.3. The minimum atomic E-state index is 0. The van der Waals surface area contributed by atoms with Gasteiger partial charge in [0.2, 0.25) is 5.91 Å². The zero-order valence-corrected chi connectivity index (χ0v) is 18.7. The predicted molar refractivity (Wildman–Crippen MR) is 120 cm³/mol. The van der Waals surface area contributed by atoms with Gasteiger partial charge < -0.3 is 15.1 Å². The van der Waals surface area contributed by atoms with Crippen LogP contribution in [0.2, 0.25) is 0 Å². The van der Waals surface area contributed by atoms with E-state index in [0.717, 1.165) is 48.7 Å². The Bertz CT molecular complexity index is 846. The Labute approximate surface area is 187 Å². The highest BCUT2D eigenvalue weighted by molar-refractivity contribution is 7.17. The van der Waals surface area contributed by atoms with Gasteiger partial charge in [-0.15, -0.1) is 36.2 Å². The van der Waals surface area contributed by atoms with Crippen LogP contribution in [0.15, 0.2) is 30.3 Å². The summed E-state index contributed by atoms with van der Waals surface area (Å²) >= 11 is 1.46. The highest BCUT2D eigenvalue weighted by Gasteiger charge is 2.33. The Morgan fingerprint density at radius 2 is 1.97 bits per heavy atom. The average molecular weight is 457 g/mol. The van der Waals surface area contributed by atoms with Crippen LogP contribution >= 0.6 is 36.2 Å². The van der Waals surface area contributed by atoms with Crippen LogP contribution in [0.1, 0.15) is 28.2 Å². The average Bonchev–Trinajstić information content (AvgIpc) is 3.10. The Kier molecular flexibility index (Phi) is 8.46. The Hall–Kier alpha value is -1.67. The zero-order chi connectivity index (χ0) is 18.8. The molecule has 3 heterocycles. The number of halogens is 2. The molecule has 0 spiro atoms. The summed E-state index contributed by atoms with van der Waals surface area (Å²) < 4.78 is 0. The highest BCUT2D eigenvalue weighted by atomic mass is 35.5. The van der Waals surface area contributed by atoms with Gasteiger partial charge in [0.1, 0.15) is 9.88 Å². The molecule has 0 aliphatic carbocycles. The van der Waals surface area contributed by atoms with Crippen LogP contribution in [0.4, 0.5) is 0 Å². The van der Waals surface area contributed by atoms with Crippen LogP contribution in [-0.4, -0.2) is 65.4 Å². The zero-order valence-electron chi connectivity index (χ0n) is 16.3. The highest BCUT2D eigenvalue weighted by Crippen LogP contribution is 2.29. The molecular formula is C20H26Cl2N4O2S. The van der Waals surface area contributed by atoms with Gasteiger partial charge in [0.15, 0.2) is 0 Å². The summed E-state index contributed by atoms with van der Waals surface area (Å²) in [7, 11) is 0. The van der Waals surface area contributed by atoms with E-state index in [0.29, 0.717) is 18.0 Å². The van der Waals surface area contributed by atoms with Gasteiger partial charge in [-0.3, -0.25) is 9.59 Å². The van der Waals surface area contributed by atoms with Crippen LogP contribution in [0.25, 0.3) is 10.6 Å². The monoisotopic (exact) mass is 456 g/mol. The number of thiazole rings is 1. The number of piperidine rings is 1. The molecule has 2 saturated heterocycles. The lowest BCUT2D eigenvalue weighted by Gasteiger charge is -2.41. The fourth-order valence-electron chi connectivity index (χ4n) is 3.84. The van der Waals surface area contributed by atoms with Crippen molar-refractivity contribution in [1.29, 1.82) is 0 Å². The molecule has 1 aromatic heterocycles. The van der Waals surface area contributed by atoms with Crippen LogP contribution in [0.3, 0.4) is 0 Å². The summed E-state index contributed by atoms with van der Waals surface area (Å²) in [6.07, 6.45) is 1.89. The van der Waals surface area contributed by atoms with Crippen LogP contribution in [0.5, 0.6) is 0 Å². The van der Waals surface area contributed by atoms with Gasteiger partial charge in [-0.05, 0) is 19.8 Å². The molecule has 2 aliphatic heterocycles. The molecule has 2 aromatic rings. The lowest BCUT2D eigenvalue weighted by Crippen LogP contribution is -2.57. The fourth-order valence-corrected chi connectivity index (χ4v) is 4.88. The largest absolute Gasteiger partial charge is 0.336 e. The summed E-state index contributed by atoms with van der Waals surface area (Å²) in [6.45, 7) is 5.21. The van der Waals surface area contributed by atoms with Crippen LogP contribution < -0.4 is 5.32 Å². The summed E-state index contributed by atoms with van der Waals surface area (Å²) in [5.41, 5.74) is 1.82. The van der Waals surface area contributed by atoms with E-state index in [4.69, 9.17) is 0 Å². The van der Waals surface area contributed by atoms with Crippen molar-refractivity contribution in [2.75, 3.05) is 32.7 Å². The van der Waals surface area contributed by atoms with Gasteiger partial charge in [-0.1, -0.05) is 30.3 Å². The number of benzene rings is 1. The maximum Gasteiger partial charge on any atom is 0.265 e. The molecule has 9 heteroatoms. The number of piperazine rings is 1. The number of hydrogen-bond donors (Lipinski definition) is 1. The standard InChI is InChI=1S/C20H24N4O2S.2ClH/c1-14-18(27-19(22-14)15-6-3-2-4-7-15)20(26)23-10-5-8-16(13-23)24-11-9-21-12-17(24)25;;/h2-4,6-7,16,21H,5,8-13H2,1H3;2*1H. The molecule has 2 amide bonds. The number of likely N-dealkylation sites (tertiary alicyclic amines) is 1. The number of hydrogen-bond acceptors (Lipinski definition) is 5. The van der Waals surface area contributed by atoms with Crippen molar-refractivity contribution in [3.05, 3.63) is 40.9 Å². The molecule has 6 nitrogen and oxygen atoms in total. The molecular weight excluding hydrogens is 431 g/mol. The van der Waals surface area contributed by atoms with Crippen molar-refractivity contribution in [3.8, 4) is 10.6 Å². The molecule has 158 valence electrons. The van der Waals surface area contributed by atoms with Crippen molar-refractivity contribution >= 4 is 48.0 Å². The molecule has 1 unspecified atom stereocenters. The van der Waals surface area contributed by atoms with E-state index in [9.17, 15) is 9.59 Å². The van der Waals surface area contributed by atoms with E-state index in [1.165, 1.54) is 11.3 Å². The fraction of sp³-hybridized carbons (Fsp3) is 0.450. The summed E-state index contributed by atoms with van der Waals surface area (Å²) in [4.78, 5) is 34.5. The summed E-state index contributed by atoms with van der Waals surface area (Å²) in [5, 5.41) is 3.99. The number of rotatable bonds is 3. The van der Waals surface area contributed by atoms with Crippen LogP contribution in [0, 0.1) is 6.92 Å². The predicted octanol–water partition coefficient (Wildman–Crippen LogP) is 3.00. The lowest BCUT2D eigenvalue weighted by molar-refractivity contribution is -0.135. The third-order valence-electron chi connectivity index (χ3n) is 5.26. The van der Waals surface area contributed by atoms with Gasteiger partial charge >= 0.3 is 0 Å². The topological polar surface area (TPSA) is 65.5 Å². The van der Waals surface area contributed by atoms with Gasteiger partial charge in [-0.25, -0.2) is 4.98 Å². The molecule has 1 atom stereocenters. The summed E-state index contributed by atoms with van der Waals surface area (Å²) in [6, 6.07) is 10.1. The Balaban J connectivity index is 0.00000150. The van der Waals surface area contributed by atoms with Crippen LogP contribution in [-0.2, 0) is 4.79 Å². The number of carbonyl (C=O) groups is 2. The second-order valence-electron chi connectivity index (χ2n) is 7.11. The number of nitrogens with zero attached hydrogens (tertiary/aromatic N) is 3. The molecule has 2 aliphatic rings. The summed E-state index contributed by atoms with van der Waals surface area (Å²) in [5.74, 6) is 0.181. The van der Waals surface area contributed by atoms with Crippen molar-refractivity contribution in [1.82, 2.24) is 20.1 Å². The number of carbonyl (C=O) groups excluding carboxylic acids is 2. The van der Waals surface area contributed by atoms with E-state index in [1.807, 2.05) is 47.1 Å². The molecule has 4 rings (SSSR count). The molecule has 1 N–H and O–H groups in total. The second kappa shape index (κ2) is 10.4. The van der Waals surface area contributed by atoms with E-state index in [2.05, 4.69) is 10.3 Å². The first-order valence-electron chi connectivity index (χ1n) is 9.46. The Morgan fingerprint density at radius 1 is 1.21 bits per heavy atom. The Morgan fingerprint density at radius 3 is 2.69 bits per heavy atom. The minimum absolute atomic E-state index is 0. The maximum absolute atomic E-state index is 13.2. The van der Waals surface area contributed by atoms with Gasteiger partial charge in [0, 0.05) is 37.8 Å². The molecule has 0 bridgehead atoms. The molecule has 29 heavy (non-hydrogen) atoms. The third-order valence-corrected chi connectivity index (χ3v) is 6.46. The molecule has 0 radical (unpaired) electrons. The number of nitrogens with one attached hydrogen (secondary N) is 1. The second-order valence-corrected chi connectivity index (χ2v) is 8.11. The smallest absolute Gasteiger partial charge is 0.265 e. The minimum Gasteiger partial charge on any atom is -0.336 e. The van der Waals surface area contributed by atoms with Crippen molar-refractivity contribution in [2.45, 2.75) is 25.8 Å². The van der Waals surface area contributed by atoms with E-state index in [-0.39, 0.29) is 42.7 Å². The first kappa shape index (κ1) is 23.6. The van der Waals surface area contributed by atoms with E-state index in [1.54, 1.807) is 0 Å². The SMILES string of the molecule is Cc1nc(-c2ccccc2)sc1C(=O)N1CCCC(N2CCNCC2=O)C1.Cl.Cl. The molecule has 1 aromatic carbocycles. The molecule has 2 fully saturated rings. The van der Waals surface area contributed by atoms with Crippen molar-refractivity contribution in [3.63, 3.8) is 0 Å². The number of amides is 2. The number of aryl methyl sites for hydroxylation is 1. The quantitative estimate of drug-likeness (QED) is 0.770. The van der Waals surface area contributed by atoms with Gasteiger partial charge in [-0.2, -0.15) is 0 Å². The van der Waals surface area contributed by atoms with E-state index < -0.39 is 0 Å². The van der Waals surface area contributed by atoms with Crippen molar-refractivity contribution in [2.24, 2.45) is 0 Å².